The smallest absolute Gasteiger partial charge is 0.264 e. The van der Waals surface area contributed by atoms with E-state index in [-0.39, 0.29) is 22.8 Å². The summed E-state index contributed by atoms with van der Waals surface area (Å²) >= 11 is 6.03. The zero-order chi connectivity index (χ0) is 23.4. The molecular weight excluding hydrogens is 469 g/mol. The monoisotopic (exact) mass is 485 g/mol. The zero-order valence-electron chi connectivity index (χ0n) is 17.0. The van der Waals surface area contributed by atoms with Crippen LogP contribution >= 0.6 is 11.6 Å². The molecule has 168 valence electrons. The van der Waals surface area contributed by atoms with Gasteiger partial charge >= 0.3 is 0 Å². The van der Waals surface area contributed by atoms with Crippen molar-refractivity contribution in [3.8, 4) is 11.5 Å². The summed E-state index contributed by atoms with van der Waals surface area (Å²) in [6.45, 7) is 0. The predicted molar refractivity (Wildman–Crippen MR) is 123 cm³/mol. The molecule has 0 aliphatic heterocycles. The molecule has 4 aromatic rings. The van der Waals surface area contributed by atoms with Gasteiger partial charge in [0.15, 0.2) is 0 Å². The van der Waals surface area contributed by atoms with Gasteiger partial charge in [-0.3, -0.25) is 9.52 Å². The lowest BCUT2D eigenvalue weighted by molar-refractivity contribution is -0.115. The van der Waals surface area contributed by atoms with Crippen molar-refractivity contribution in [3.63, 3.8) is 0 Å². The Morgan fingerprint density at radius 1 is 1.00 bits per heavy atom. The van der Waals surface area contributed by atoms with E-state index in [9.17, 15) is 17.6 Å². The Morgan fingerprint density at radius 2 is 1.73 bits per heavy atom. The van der Waals surface area contributed by atoms with E-state index in [4.69, 9.17) is 16.0 Å². The summed E-state index contributed by atoms with van der Waals surface area (Å²) < 4.78 is 47.0. The van der Waals surface area contributed by atoms with Gasteiger partial charge in [0.1, 0.15) is 17.0 Å². The Labute approximate surface area is 194 Å². The number of nitrogens with one attached hydrogen (secondary N) is 2. The molecule has 0 aliphatic carbocycles. The summed E-state index contributed by atoms with van der Waals surface area (Å²) in [6, 6.07) is 18.4. The topological polar surface area (TPSA) is 101 Å². The fraction of sp³-hybridized carbons (Fsp3) is 0.0435. The summed E-state index contributed by atoms with van der Waals surface area (Å²) in [7, 11) is -4.25. The molecule has 33 heavy (non-hydrogen) atoms. The van der Waals surface area contributed by atoms with Gasteiger partial charge in [-0.15, -0.1) is 0 Å². The van der Waals surface area contributed by atoms with Crippen LogP contribution in [0, 0.1) is 5.82 Å². The Balaban J connectivity index is 1.52. The summed E-state index contributed by atoms with van der Waals surface area (Å²) in [5.74, 6) is -0.999. The Kier molecular flexibility index (Phi) is 6.43. The number of carbonyl (C=O) groups excluding carboxylic acids is 1. The number of benzene rings is 3. The SMILES string of the molecule is O=C(Cc1coc(-c2ccccc2)n1)Nc1cc(Cl)ccc1NS(=O)(=O)c1ccccc1F. The third-order valence-electron chi connectivity index (χ3n) is 4.54. The van der Waals surface area contributed by atoms with Crippen molar-refractivity contribution in [1.29, 1.82) is 0 Å². The number of oxazole rings is 1. The fourth-order valence-electron chi connectivity index (χ4n) is 3.03. The van der Waals surface area contributed by atoms with Crippen LogP contribution in [0.5, 0.6) is 0 Å². The van der Waals surface area contributed by atoms with E-state index in [1.165, 1.54) is 36.6 Å². The molecule has 10 heteroatoms. The minimum Gasteiger partial charge on any atom is -0.444 e. The summed E-state index contributed by atoms with van der Waals surface area (Å²) in [4.78, 5) is 16.4. The first kappa shape index (κ1) is 22.5. The van der Waals surface area contributed by atoms with Crippen LogP contribution in [0.3, 0.4) is 0 Å². The van der Waals surface area contributed by atoms with Crippen LogP contribution in [0.2, 0.25) is 5.02 Å². The van der Waals surface area contributed by atoms with Crippen molar-refractivity contribution in [2.45, 2.75) is 11.3 Å². The van der Waals surface area contributed by atoms with Crippen LogP contribution in [0.25, 0.3) is 11.5 Å². The van der Waals surface area contributed by atoms with Crippen LogP contribution in [-0.2, 0) is 21.2 Å². The van der Waals surface area contributed by atoms with Crippen LogP contribution in [0.1, 0.15) is 5.69 Å². The molecule has 0 saturated carbocycles. The molecule has 0 atom stereocenters. The average Bonchev–Trinajstić information content (AvgIpc) is 3.24. The molecular formula is C23H17ClFN3O4S. The molecule has 0 radical (unpaired) electrons. The van der Waals surface area contributed by atoms with Crippen LogP contribution in [0.4, 0.5) is 15.8 Å². The molecule has 0 spiro atoms. The van der Waals surface area contributed by atoms with Crippen molar-refractivity contribution in [2.24, 2.45) is 0 Å². The normalized spacial score (nSPS) is 11.2. The maximum absolute atomic E-state index is 14.0. The van der Waals surface area contributed by atoms with Gasteiger partial charge in [0.05, 0.1) is 23.5 Å². The van der Waals surface area contributed by atoms with Gasteiger partial charge in [-0.25, -0.2) is 17.8 Å². The maximum Gasteiger partial charge on any atom is 0.264 e. The van der Waals surface area contributed by atoms with Crippen molar-refractivity contribution >= 4 is 38.9 Å². The largest absolute Gasteiger partial charge is 0.444 e. The molecule has 0 saturated heterocycles. The molecule has 1 aromatic heterocycles. The third-order valence-corrected chi connectivity index (χ3v) is 6.17. The number of anilines is 2. The lowest BCUT2D eigenvalue weighted by Crippen LogP contribution is -2.19. The molecule has 1 amide bonds. The molecule has 3 aromatic carbocycles. The van der Waals surface area contributed by atoms with E-state index < -0.39 is 26.6 Å². The summed E-state index contributed by atoms with van der Waals surface area (Å²) in [6.07, 6.45) is 1.25. The lowest BCUT2D eigenvalue weighted by Gasteiger charge is -2.14. The highest BCUT2D eigenvalue weighted by atomic mass is 35.5. The number of amides is 1. The first-order chi connectivity index (χ1) is 15.8. The molecule has 4 rings (SSSR count). The van der Waals surface area contributed by atoms with E-state index in [0.29, 0.717) is 11.6 Å². The minimum atomic E-state index is -4.25. The van der Waals surface area contributed by atoms with Crippen molar-refractivity contribution in [2.75, 3.05) is 10.0 Å². The van der Waals surface area contributed by atoms with Gasteiger partial charge in [0.25, 0.3) is 10.0 Å². The first-order valence-corrected chi connectivity index (χ1v) is 11.5. The van der Waals surface area contributed by atoms with Crippen LogP contribution in [0.15, 0.2) is 88.4 Å². The molecule has 0 unspecified atom stereocenters. The van der Waals surface area contributed by atoms with Gasteiger partial charge < -0.3 is 9.73 Å². The van der Waals surface area contributed by atoms with Gasteiger partial charge in [-0.05, 0) is 42.5 Å². The molecule has 0 bridgehead atoms. The minimum absolute atomic E-state index is 0.0288. The van der Waals surface area contributed by atoms with Gasteiger partial charge in [-0.1, -0.05) is 41.9 Å². The average molecular weight is 486 g/mol. The highest BCUT2D eigenvalue weighted by molar-refractivity contribution is 7.92. The molecule has 0 aliphatic rings. The zero-order valence-corrected chi connectivity index (χ0v) is 18.5. The first-order valence-electron chi connectivity index (χ1n) is 9.68. The number of halogens is 2. The second kappa shape index (κ2) is 9.43. The number of aromatic nitrogens is 1. The van der Waals surface area contributed by atoms with Crippen molar-refractivity contribution < 1.29 is 22.0 Å². The van der Waals surface area contributed by atoms with Gasteiger partial charge in [0.2, 0.25) is 11.8 Å². The molecule has 7 nitrogen and oxygen atoms in total. The molecule has 0 fully saturated rings. The maximum atomic E-state index is 14.0. The predicted octanol–water partition coefficient (Wildman–Crippen LogP) is 5.12. The number of hydrogen-bond donors (Lipinski definition) is 2. The van der Waals surface area contributed by atoms with E-state index in [1.807, 2.05) is 30.3 Å². The quantitative estimate of drug-likeness (QED) is 0.378. The number of sulfonamides is 1. The number of hydrogen-bond acceptors (Lipinski definition) is 5. The second-order valence-corrected chi connectivity index (χ2v) is 9.05. The number of carbonyl (C=O) groups is 1. The van der Waals surface area contributed by atoms with Gasteiger partial charge in [-0.2, -0.15) is 0 Å². The summed E-state index contributed by atoms with van der Waals surface area (Å²) in [5.41, 5.74) is 1.30. The Morgan fingerprint density at radius 3 is 2.48 bits per heavy atom. The van der Waals surface area contributed by atoms with Crippen LogP contribution in [-0.4, -0.2) is 19.3 Å². The number of nitrogens with zero attached hydrogens (tertiary/aromatic N) is 1. The third kappa shape index (κ3) is 5.39. The van der Waals surface area contributed by atoms with Crippen molar-refractivity contribution in [1.82, 2.24) is 4.98 Å². The lowest BCUT2D eigenvalue weighted by atomic mass is 10.2. The second-order valence-electron chi connectivity index (χ2n) is 6.96. The molecule has 1 heterocycles. The Hall–Kier alpha value is -3.69. The number of rotatable bonds is 7. The van der Waals surface area contributed by atoms with E-state index >= 15 is 0 Å². The van der Waals surface area contributed by atoms with Crippen LogP contribution < -0.4 is 10.0 Å². The standard InChI is InChI=1S/C23H17ClFN3O4S/c24-16-10-11-19(28-33(30,31)21-9-5-4-8-18(21)25)20(12-16)27-22(29)13-17-14-32-23(26-17)15-6-2-1-3-7-15/h1-12,14,28H,13H2,(H,27,29). The van der Waals surface area contributed by atoms with Gasteiger partial charge in [0, 0.05) is 10.6 Å². The Bertz CT molecular complexity index is 1410. The molecule has 2 N–H and O–H groups in total. The highest BCUT2D eigenvalue weighted by Crippen LogP contribution is 2.29. The van der Waals surface area contributed by atoms with Crippen molar-refractivity contribution in [3.05, 3.63) is 95.6 Å². The summed E-state index contributed by atoms with van der Waals surface area (Å²) in [5, 5.41) is 2.88. The fourth-order valence-corrected chi connectivity index (χ4v) is 4.36. The van der Waals surface area contributed by atoms with E-state index in [2.05, 4.69) is 15.0 Å². The van der Waals surface area contributed by atoms with E-state index in [1.54, 1.807) is 0 Å². The van der Waals surface area contributed by atoms with E-state index in [0.717, 1.165) is 17.7 Å². The highest BCUT2D eigenvalue weighted by Gasteiger charge is 2.21.